The van der Waals surface area contributed by atoms with Crippen LogP contribution >= 0.6 is 23.1 Å². The van der Waals surface area contributed by atoms with Crippen LogP contribution < -0.4 is 0 Å². The van der Waals surface area contributed by atoms with Gasteiger partial charge in [-0.2, -0.15) is 0 Å². The zero-order valence-electron chi connectivity index (χ0n) is 10.6. The molecule has 0 saturated carbocycles. The van der Waals surface area contributed by atoms with E-state index in [0.717, 1.165) is 12.8 Å². The van der Waals surface area contributed by atoms with E-state index in [1.54, 1.807) is 18.3 Å². The van der Waals surface area contributed by atoms with Gasteiger partial charge in [0.25, 0.3) is 0 Å². The maximum absolute atomic E-state index is 11.7. The van der Waals surface area contributed by atoms with E-state index in [-0.39, 0.29) is 5.12 Å². The van der Waals surface area contributed by atoms with Gasteiger partial charge in [-0.25, -0.2) is 0 Å². The summed E-state index contributed by atoms with van der Waals surface area (Å²) in [7, 11) is 0. The molecule has 0 saturated heterocycles. The molecule has 17 heavy (non-hydrogen) atoms. The van der Waals surface area contributed by atoms with E-state index in [1.807, 2.05) is 0 Å². The summed E-state index contributed by atoms with van der Waals surface area (Å²) in [5, 5.41) is 2.64. The van der Waals surface area contributed by atoms with Gasteiger partial charge in [0.15, 0.2) is 0 Å². The summed E-state index contributed by atoms with van der Waals surface area (Å²) >= 11 is 3.23. The Labute approximate surface area is 112 Å². The topological polar surface area (TPSA) is 17.1 Å². The molecule has 0 amide bonds. The molecule has 3 heteroatoms. The van der Waals surface area contributed by atoms with Crippen molar-refractivity contribution in [2.75, 3.05) is 0 Å². The first-order chi connectivity index (χ1) is 8.13. The normalized spacial score (nSPS) is 12.4. The smallest absolute Gasteiger partial charge is 0.214 e. The lowest BCUT2D eigenvalue weighted by Crippen LogP contribution is -2.10. The van der Waals surface area contributed by atoms with Crippen LogP contribution in [0.2, 0.25) is 0 Å². The van der Waals surface area contributed by atoms with Crippen molar-refractivity contribution >= 4 is 28.2 Å². The zero-order chi connectivity index (χ0) is 12.7. The predicted octanol–water partition coefficient (Wildman–Crippen LogP) is 4.69. The Morgan fingerprint density at radius 2 is 2.35 bits per heavy atom. The van der Waals surface area contributed by atoms with Crippen molar-refractivity contribution in [1.29, 1.82) is 0 Å². The van der Waals surface area contributed by atoms with Gasteiger partial charge in [-0.05, 0) is 36.8 Å². The second-order valence-electron chi connectivity index (χ2n) is 4.23. The molecule has 0 aliphatic heterocycles. The van der Waals surface area contributed by atoms with Gasteiger partial charge in [-0.15, -0.1) is 11.3 Å². The highest BCUT2D eigenvalue weighted by Crippen LogP contribution is 2.26. The monoisotopic (exact) mass is 268 g/mol. The van der Waals surface area contributed by atoms with Crippen molar-refractivity contribution in [2.45, 2.75) is 44.8 Å². The quantitative estimate of drug-likeness (QED) is 0.668. The summed E-state index contributed by atoms with van der Waals surface area (Å²) in [6.07, 6.45) is 4.48. The Hall–Kier alpha value is -0.540. The zero-order valence-corrected chi connectivity index (χ0v) is 12.2. The number of carbonyl (C=O) groups excluding carboxylic acids is 1. The fraction of sp³-hybridized carbons (Fsp3) is 0.500. The van der Waals surface area contributed by atoms with Gasteiger partial charge in [0.05, 0.1) is 0 Å². The molecule has 0 spiro atoms. The molecule has 0 aromatic carbocycles. The lowest BCUT2D eigenvalue weighted by atomic mass is 10.1. The van der Waals surface area contributed by atoms with E-state index in [1.165, 1.54) is 29.5 Å². The fourth-order valence-corrected chi connectivity index (χ4v) is 3.48. The molecule has 0 aliphatic rings. The van der Waals surface area contributed by atoms with Crippen molar-refractivity contribution in [1.82, 2.24) is 0 Å². The molecule has 1 heterocycles. The molecule has 0 radical (unpaired) electrons. The summed E-state index contributed by atoms with van der Waals surface area (Å²) in [5.74, 6) is 0. The molecule has 1 aromatic heterocycles. The van der Waals surface area contributed by atoms with Crippen molar-refractivity contribution in [3.05, 3.63) is 34.5 Å². The standard InChI is InChI=1S/C14H20OS2/c1-4-5-7-13(17-14(15)11(2)3)10-12-8-6-9-16-12/h6,8-9,13H,2,4-5,7,10H2,1,3H3. The van der Waals surface area contributed by atoms with Crippen LogP contribution in [0.5, 0.6) is 0 Å². The van der Waals surface area contributed by atoms with Crippen molar-refractivity contribution < 1.29 is 4.79 Å². The van der Waals surface area contributed by atoms with Crippen LogP contribution in [-0.4, -0.2) is 10.4 Å². The molecular formula is C14H20OS2. The average Bonchev–Trinajstić information content (AvgIpc) is 2.78. The largest absolute Gasteiger partial charge is 0.282 e. The molecular weight excluding hydrogens is 248 g/mol. The van der Waals surface area contributed by atoms with Gasteiger partial charge in [-0.3, -0.25) is 4.79 Å². The Morgan fingerprint density at radius 3 is 2.88 bits per heavy atom. The Bertz CT molecular complexity index is 354. The van der Waals surface area contributed by atoms with Crippen LogP contribution in [-0.2, 0) is 11.2 Å². The number of thioether (sulfide) groups is 1. The van der Waals surface area contributed by atoms with Gasteiger partial charge in [0, 0.05) is 10.1 Å². The Balaban J connectivity index is 2.53. The average molecular weight is 268 g/mol. The maximum atomic E-state index is 11.7. The number of unbranched alkanes of at least 4 members (excludes halogenated alkanes) is 1. The van der Waals surface area contributed by atoms with Crippen molar-refractivity contribution in [3.8, 4) is 0 Å². The van der Waals surface area contributed by atoms with Crippen LogP contribution in [0.25, 0.3) is 0 Å². The summed E-state index contributed by atoms with van der Waals surface area (Å²) in [4.78, 5) is 13.1. The summed E-state index contributed by atoms with van der Waals surface area (Å²) in [6.45, 7) is 7.69. The second kappa shape index (κ2) is 7.72. The number of thiophene rings is 1. The first-order valence-electron chi connectivity index (χ1n) is 6.02. The molecule has 1 unspecified atom stereocenters. The van der Waals surface area contributed by atoms with E-state index in [9.17, 15) is 4.79 Å². The number of carbonyl (C=O) groups is 1. The van der Waals surface area contributed by atoms with Gasteiger partial charge in [0.1, 0.15) is 0 Å². The SMILES string of the molecule is C=C(C)C(=O)SC(CCCC)Cc1cccs1. The van der Waals surface area contributed by atoms with Gasteiger partial charge >= 0.3 is 0 Å². The van der Waals surface area contributed by atoms with Crippen LogP contribution in [0.4, 0.5) is 0 Å². The lowest BCUT2D eigenvalue weighted by Gasteiger charge is -2.14. The first-order valence-corrected chi connectivity index (χ1v) is 7.78. The van der Waals surface area contributed by atoms with Crippen molar-refractivity contribution in [3.63, 3.8) is 0 Å². The van der Waals surface area contributed by atoms with Gasteiger partial charge < -0.3 is 0 Å². The Morgan fingerprint density at radius 1 is 1.59 bits per heavy atom. The number of hydrogen-bond donors (Lipinski definition) is 0. The van der Waals surface area contributed by atoms with E-state index < -0.39 is 0 Å². The molecule has 0 bridgehead atoms. The molecule has 1 rings (SSSR count). The highest BCUT2D eigenvalue weighted by Gasteiger charge is 2.15. The summed E-state index contributed by atoms with van der Waals surface area (Å²) < 4.78 is 0. The third-order valence-electron chi connectivity index (χ3n) is 2.51. The fourth-order valence-electron chi connectivity index (χ4n) is 1.54. The van der Waals surface area contributed by atoms with Gasteiger partial charge in [0.2, 0.25) is 5.12 Å². The third-order valence-corrected chi connectivity index (χ3v) is 4.71. The van der Waals surface area contributed by atoms with E-state index in [4.69, 9.17) is 0 Å². The maximum Gasteiger partial charge on any atom is 0.214 e. The van der Waals surface area contributed by atoms with E-state index >= 15 is 0 Å². The molecule has 94 valence electrons. The minimum atomic E-state index is 0.141. The van der Waals surface area contributed by atoms with Crippen molar-refractivity contribution in [2.24, 2.45) is 0 Å². The van der Waals surface area contributed by atoms with Crippen LogP contribution in [0, 0.1) is 0 Å². The number of rotatable bonds is 7. The number of hydrogen-bond acceptors (Lipinski definition) is 3. The highest BCUT2D eigenvalue weighted by molar-refractivity contribution is 8.14. The lowest BCUT2D eigenvalue weighted by molar-refractivity contribution is -0.107. The van der Waals surface area contributed by atoms with Crippen LogP contribution in [0.1, 0.15) is 38.0 Å². The molecule has 1 nitrogen and oxygen atoms in total. The minimum absolute atomic E-state index is 0.141. The first kappa shape index (κ1) is 14.5. The van der Waals surface area contributed by atoms with Gasteiger partial charge in [-0.1, -0.05) is 44.2 Å². The molecule has 1 atom stereocenters. The Kier molecular flexibility index (Phi) is 6.60. The highest BCUT2D eigenvalue weighted by atomic mass is 32.2. The molecule has 1 aromatic rings. The summed E-state index contributed by atoms with van der Waals surface area (Å²) in [5.41, 5.74) is 0.655. The molecule has 0 aliphatic carbocycles. The molecule has 0 fully saturated rings. The van der Waals surface area contributed by atoms with Crippen LogP contribution in [0.3, 0.4) is 0 Å². The molecule has 0 N–H and O–H groups in total. The third kappa shape index (κ3) is 5.55. The predicted molar refractivity (Wildman–Crippen MR) is 78.7 cm³/mol. The van der Waals surface area contributed by atoms with Crippen LogP contribution in [0.15, 0.2) is 29.7 Å². The summed E-state index contributed by atoms with van der Waals surface area (Å²) in [6, 6.07) is 4.22. The minimum Gasteiger partial charge on any atom is -0.282 e. The second-order valence-corrected chi connectivity index (χ2v) is 6.54. The van der Waals surface area contributed by atoms with E-state index in [0.29, 0.717) is 10.8 Å². The van der Waals surface area contributed by atoms with E-state index in [2.05, 4.69) is 31.0 Å².